The van der Waals surface area contributed by atoms with Gasteiger partial charge < -0.3 is 14.6 Å². The van der Waals surface area contributed by atoms with Crippen LogP contribution in [0.2, 0.25) is 0 Å². The van der Waals surface area contributed by atoms with Crippen molar-refractivity contribution in [2.45, 2.75) is 57.6 Å². The molecule has 0 spiro atoms. The van der Waals surface area contributed by atoms with E-state index < -0.39 is 5.41 Å². The number of hydrogen-bond acceptors (Lipinski definition) is 6. The molecule has 1 heterocycles. The maximum atomic E-state index is 13.2. The van der Waals surface area contributed by atoms with Crippen molar-refractivity contribution in [3.05, 3.63) is 36.2 Å². The third kappa shape index (κ3) is 3.32. The van der Waals surface area contributed by atoms with Crippen LogP contribution in [0.25, 0.3) is 11.4 Å². The summed E-state index contributed by atoms with van der Waals surface area (Å²) in [5.74, 6) is 1.51. The van der Waals surface area contributed by atoms with Crippen molar-refractivity contribution in [1.82, 2.24) is 15.5 Å². The summed E-state index contributed by atoms with van der Waals surface area (Å²) in [5, 5.41) is 7.15. The Morgan fingerprint density at radius 3 is 2.59 bits per heavy atom. The van der Waals surface area contributed by atoms with Crippen LogP contribution in [0.15, 0.2) is 34.9 Å². The van der Waals surface area contributed by atoms with Gasteiger partial charge >= 0.3 is 5.97 Å². The Morgan fingerprint density at radius 2 is 1.90 bits per heavy atom. The van der Waals surface area contributed by atoms with Gasteiger partial charge in [-0.05, 0) is 50.4 Å². The fourth-order valence-corrected chi connectivity index (χ4v) is 6.32. The second kappa shape index (κ2) is 6.68. The minimum atomic E-state index is -0.505. The number of carbonyl (C=O) groups excluding carboxylic acids is 2. The Balaban J connectivity index is 1.29. The molecular formula is C22H25N3O4. The van der Waals surface area contributed by atoms with E-state index in [4.69, 9.17) is 9.26 Å². The van der Waals surface area contributed by atoms with Gasteiger partial charge in [0.15, 0.2) is 6.61 Å². The number of hydrogen-bond donors (Lipinski definition) is 1. The van der Waals surface area contributed by atoms with Crippen LogP contribution in [-0.4, -0.2) is 27.6 Å². The van der Waals surface area contributed by atoms with Crippen LogP contribution in [0.3, 0.4) is 0 Å². The molecule has 0 saturated heterocycles. The molecule has 1 N–H and O–H groups in total. The summed E-state index contributed by atoms with van der Waals surface area (Å²) < 4.78 is 10.9. The van der Waals surface area contributed by atoms with Gasteiger partial charge in [0, 0.05) is 18.0 Å². The topological polar surface area (TPSA) is 94.3 Å². The highest BCUT2D eigenvalue weighted by molar-refractivity contribution is 5.79. The van der Waals surface area contributed by atoms with Crippen LogP contribution in [0.4, 0.5) is 0 Å². The molecule has 0 radical (unpaired) electrons. The number of nitrogens with one attached hydrogen (secondary N) is 1. The van der Waals surface area contributed by atoms with Gasteiger partial charge in [-0.1, -0.05) is 35.5 Å². The lowest BCUT2D eigenvalue weighted by Gasteiger charge is -2.60. The van der Waals surface area contributed by atoms with Gasteiger partial charge in [-0.3, -0.25) is 9.59 Å². The number of nitrogens with zero attached hydrogens (tertiary/aromatic N) is 2. The number of ether oxygens (including phenoxy) is 1. The highest BCUT2D eigenvalue weighted by Gasteiger charge is 2.61. The zero-order chi connectivity index (χ0) is 20.1. The Labute approximate surface area is 169 Å². The lowest BCUT2D eigenvalue weighted by molar-refractivity contribution is -0.178. The molecule has 4 aliphatic carbocycles. The highest BCUT2D eigenvalue weighted by Crippen LogP contribution is 2.62. The van der Waals surface area contributed by atoms with Gasteiger partial charge in [0.2, 0.25) is 11.7 Å². The molecule has 1 aromatic heterocycles. The van der Waals surface area contributed by atoms with E-state index >= 15 is 0 Å². The SMILES string of the molecule is CC(=O)NC12CC3CC(C1)CC(C(=O)OCc1nc(-c4ccccc4)no1)(C3)C2. The van der Waals surface area contributed by atoms with Crippen LogP contribution in [0.1, 0.15) is 51.3 Å². The van der Waals surface area contributed by atoms with Crippen molar-refractivity contribution < 1.29 is 18.8 Å². The van der Waals surface area contributed by atoms with Gasteiger partial charge in [-0.15, -0.1) is 0 Å². The number of carbonyl (C=O) groups is 2. The summed E-state index contributed by atoms with van der Waals surface area (Å²) >= 11 is 0. The van der Waals surface area contributed by atoms with Crippen LogP contribution in [0, 0.1) is 17.3 Å². The van der Waals surface area contributed by atoms with E-state index in [2.05, 4.69) is 15.5 Å². The average Bonchev–Trinajstić information content (AvgIpc) is 3.14. The van der Waals surface area contributed by atoms with E-state index in [9.17, 15) is 9.59 Å². The Hall–Kier alpha value is -2.70. The first-order valence-electron chi connectivity index (χ1n) is 10.3. The molecule has 4 bridgehead atoms. The van der Waals surface area contributed by atoms with Crippen LogP contribution < -0.4 is 5.32 Å². The molecule has 2 atom stereocenters. The average molecular weight is 395 g/mol. The summed E-state index contributed by atoms with van der Waals surface area (Å²) in [5.41, 5.74) is 0.0986. The minimum absolute atomic E-state index is 0.0187. The van der Waals surface area contributed by atoms with E-state index in [1.807, 2.05) is 30.3 Å². The molecule has 4 saturated carbocycles. The fourth-order valence-electron chi connectivity index (χ4n) is 6.32. The van der Waals surface area contributed by atoms with Gasteiger partial charge in [-0.2, -0.15) is 4.98 Å². The summed E-state index contributed by atoms with van der Waals surface area (Å²) in [6, 6.07) is 9.53. The summed E-state index contributed by atoms with van der Waals surface area (Å²) in [4.78, 5) is 29.3. The number of amides is 1. The Morgan fingerprint density at radius 1 is 1.17 bits per heavy atom. The number of benzene rings is 1. The Bertz CT molecular complexity index is 925. The number of rotatable bonds is 5. The van der Waals surface area contributed by atoms with E-state index in [0.29, 0.717) is 30.0 Å². The highest BCUT2D eigenvalue weighted by atomic mass is 16.6. The van der Waals surface area contributed by atoms with Crippen LogP contribution >= 0.6 is 0 Å². The fraction of sp³-hybridized carbons (Fsp3) is 0.545. The second-order valence-corrected chi connectivity index (χ2v) is 9.16. The number of esters is 1. The van der Waals surface area contributed by atoms with Gasteiger partial charge in [-0.25, -0.2) is 0 Å². The predicted octanol–water partition coefficient (Wildman–Crippen LogP) is 3.25. The first kappa shape index (κ1) is 18.3. The van der Waals surface area contributed by atoms with Crippen molar-refractivity contribution in [2.24, 2.45) is 17.3 Å². The van der Waals surface area contributed by atoms with Gasteiger partial charge in [0.25, 0.3) is 5.89 Å². The van der Waals surface area contributed by atoms with E-state index in [-0.39, 0.29) is 24.0 Å². The molecule has 7 nitrogen and oxygen atoms in total. The third-order valence-electron chi connectivity index (χ3n) is 6.76. The smallest absolute Gasteiger partial charge is 0.312 e. The van der Waals surface area contributed by atoms with E-state index in [1.54, 1.807) is 6.92 Å². The molecule has 6 rings (SSSR count). The molecule has 1 amide bonds. The van der Waals surface area contributed by atoms with Crippen molar-refractivity contribution in [2.75, 3.05) is 0 Å². The predicted molar refractivity (Wildman–Crippen MR) is 103 cm³/mol. The first-order chi connectivity index (χ1) is 14.0. The molecule has 1 aromatic carbocycles. The zero-order valence-corrected chi connectivity index (χ0v) is 16.5. The molecule has 0 aliphatic heterocycles. The molecule has 29 heavy (non-hydrogen) atoms. The summed E-state index contributed by atoms with van der Waals surface area (Å²) in [6.45, 7) is 1.53. The third-order valence-corrected chi connectivity index (χ3v) is 6.76. The quantitative estimate of drug-likeness (QED) is 0.781. The maximum absolute atomic E-state index is 13.2. The maximum Gasteiger partial charge on any atom is 0.312 e. The van der Waals surface area contributed by atoms with Crippen molar-refractivity contribution in [1.29, 1.82) is 0 Å². The molecule has 4 aliphatic rings. The largest absolute Gasteiger partial charge is 0.455 e. The molecule has 152 valence electrons. The molecule has 4 fully saturated rings. The minimum Gasteiger partial charge on any atom is -0.455 e. The summed E-state index contributed by atoms with van der Waals surface area (Å²) in [7, 11) is 0. The second-order valence-electron chi connectivity index (χ2n) is 9.16. The zero-order valence-electron chi connectivity index (χ0n) is 16.5. The molecule has 2 unspecified atom stereocenters. The lowest BCUT2D eigenvalue weighted by Crippen LogP contribution is -2.64. The van der Waals surface area contributed by atoms with Crippen LogP contribution in [0.5, 0.6) is 0 Å². The van der Waals surface area contributed by atoms with E-state index in [1.165, 1.54) is 0 Å². The van der Waals surface area contributed by atoms with Crippen molar-refractivity contribution in [3.8, 4) is 11.4 Å². The van der Waals surface area contributed by atoms with Crippen molar-refractivity contribution in [3.63, 3.8) is 0 Å². The number of aromatic nitrogens is 2. The summed E-state index contributed by atoms with van der Waals surface area (Å²) in [6.07, 6.45) is 5.47. The molecule has 2 aromatic rings. The van der Waals surface area contributed by atoms with Gasteiger partial charge in [0.05, 0.1) is 5.41 Å². The monoisotopic (exact) mass is 395 g/mol. The van der Waals surface area contributed by atoms with Gasteiger partial charge in [0.1, 0.15) is 0 Å². The van der Waals surface area contributed by atoms with Crippen LogP contribution in [-0.2, 0) is 20.9 Å². The molecule has 7 heteroatoms. The lowest BCUT2D eigenvalue weighted by atomic mass is 9.47. The molecular weight excluding hydrogens is 370 g/mol. The van der Waals surface area contributed by atoms with E-state index in [0.717, 1.165) is 37.7 Å². The van der Waals surface area contributed by atoms with Crippen molar-refractivity contribution >= 4 is 11.9 Å². The Kier molecular flexibility index (Phi) is 4.22. The standard InChI is InChI=1S/C22H25N3O4/c1-14(26)24-22-10-15-7-16(11-22)9-21(8-15,13-22)20(27)28-12-18-23-19(25-29-18)17-5-3-2-4-6-17/h2-6,15-16H,7-13H2,1H3,(H,24,26). The normalized spacial score (nSPS) is 32.2. The first-order valence-corrected chi connectivity index (χ1v) is 10.3.